The van der Waals surface area contributed by atoms with Crippen molar-refractivity contribution >= 4 is 10.1 Å². The monoisotopic (exact) mass is 133 g/mol. The van der Waals surface area contributed by atoms with E-state index in [1.807, 2.05) is 12.0 Å². The number of hydrogen-bond acceptors (Lipinski definition) is 3. The minimum absolute atomic E-state index is 0.914. The molecule has 0 unspecified atom stereocenters. The summed E-state index contributed by atoms with van der Waals surface area (Å²) in [6.07, 6.45) is 2.75. The summed E-state index contributed by atoms with van der Waals surface area (Å²) in [5, 5.41) is 0. The topological polar surface area (TPSA) is 43.4 Å². The lowest BCUT2D eigenvalue weighted by atomic mass is 10.8. The van der Waals surface area contributed by atoms with Crippen LogP contribution in [0.2, 0.25) is 0 Å². The van der Waals surface area contributed by atoms with Crippen molar-refractivity contribution in [1.82, 2.24) is 0 Å². The Labute approximate surface area is 48.8 Å². The molecule has 0 atom stereocenters. The molecule has 0 saturated heterocycles. The van der Waals surface area contributed by atoms with Gasteiger partial charge in [0.1, 0.15) is 6.11 Å². The number of hydrogen-bond donors (Lipinski definition) is 0. The molecular formula is C4H5O3S. The normalized spacial score (nSPS) is 9.25. The van der Waals surface area contributed by atoms with E-state index in [9.17, 15) is 8.42 Å². The maximum absolute atomic E-state index is 10.0. The summed E-state index contributed by atoms with van der Waals surface area (Å²) in [7, 11) is -3.40. The summed E-state index contributed by atoms with van der Waals surface area (Å²) < 4.78 is 24.0. The standard InChI is InChI=1S/C4H5O3S/c1-3-4-7-8(2,5)6/h1H2,2H3. The third-order valence-electron chi connectivity index (χ3n) is 0.265. The maximum atomic E-state index is 10.0. The van der Waals surface area contributed by atoms with Crippen LogP contribution in [0.15, 0.2) is 0 Å². The van der Waals surface area contributed by atoms with Crippen molar-refractivity contribution in [3.63, 3.8) is 0 Å². The molecule has 4 heteroatoms. The second kappa shape index (κ2) is 2.58. The third kappa shape index (κ3) is 5.31. The van der Waals surface area contributed by atoms with Gasteiger partial charge in [-0.25, -0.2) is 0 Å². The highest BCUT2D eigenvalue weighted by Gasteiger charge is 1.94. The van der Waals surface area contributed by atoms with E-state index in [4.69, 9.17) is 0 Å². The number of rotatable bonds is 1. The van der Waals surface area contributed by atoms with Crippen molar-refractivity contribution in [3.8, 4) is 12.0 Å². The van der Waals surface area contributed by atoms with E-state index in [1.165, 1.54) is 0 Å². The summed E-state index contributed by atoms with van der Waals surface area (Å²) in [6.45, 7) is 3.04. The zero-order valence-corrected chi connectivity index (χ0v) is 5.16. The van der Waals surface area contributed by atoms with Crippen molar-refractivity contribution < 1.29 is 12.6 Å². The molecule has 0 aliphatic carbocycles. The predicted molar refractivity (Wildman–Crippen MR) is 29.1 cm³/mol. The van der Waals surface area contributed by atoms with Crippen LogP contribution in [0.3, 0.4) is 0 Å². The van der Waals surface area contributed by atoms with Crippen LogP contribution in [0.25, 0.3) is 0 Å². The van der Waals surface area contributed by atoms with E-state index in [2.05, 4.69) is 11.1 Å². The Bertz CT molecular complexity index is 203. The Morgan fingerprint density at radius 2 is 2.12 bits per heavy atom. The fourth-order valence-corrected chi connectivity index (χ4v) is 0.315. The van der Waals surface area contributed by atoms with Gasteiger partial charge in [0, 0.05) is 6.92 Å². The zero-order valence-electron chi connectivity index (χ0n) is 4.34. The van der Waals surface area contributed by atoms with Crippen LogP contribution in [0.1, 0.15) is 0 Å². The molecule has 8 heavy (non-hydrogen) atoms. The van der Waals surface area contributed by atoms with Crippen molar-refractivity contribution in [2.75, 3.05) is 6.26 Å². The van der Waals surface area contributed by atoms with Gasteiger partial charge in [0.2, 0.25) is 0 Å². The van der Waals surface area contributed by atoms with Crippen molar-refractivity contribution in [2.24, 2.45) is 0 Å². The fraction of sp³-hybridized carbons (Fsp3) is 0.250. The van der Waals surface area contributed by atoms with Crippen LogP contribution in [-0.2, 0) is 14.3 Å². The molecule has 0 aliphatic heterocycles. The van der Waals surface area contributed by atoms with Crippen LogP contribution in [-0.4, -0.2) is 14.7 Å². The van der Waals surface area contributed by atoms with Gasteiger partial charge in [0.25, 0.3) is 0 Å². The van der Waals surface area contributed by atoms with Crippen LogP contribution in [0.5, 0.6) is 0 Å². The molecule has 0 amide bonds. The highest BCUT2D eigenvalue weighted by molar-refractivity contribution is 7.86. The van der Waals surface area contributed by atoms with Gasteiger partial charge in [-0.1, -0.05) is 5.92 Å². The second-order valence-electron chi connectivity index (χ2n) is 1.07. The highest BCUT2D eigenvalue weighted by atomic mass is 32.2. The summed E-state index contributed by atoms with van der Waals surface area (Å²) in [6, 6.07) is 0. The largest absolute Gasteiger partial charge is 0.328 e. The molecular weight excluding hydrogens is 128 g/mol. The van der Waals surface area contributed by atoms with Crippen molar-refractivity contribution in [1.29, 1.82) is 0 Å². The molecule has 0 aromatic rings. The fourth-order valence-electron chi connectivity index (χ4n) is 0.105. The quantitative estimate of drug-likeness (QED) is 0.366. The molecule has 0 N–H and O–H groups in total. The smallest absolute Gasteiger partial charge is 0.314 e. The molecule has 0 rings (SSSR count). The Hall–Kier alpha value is -0.690. The Morgan fingerprint density at radius 1 is 1.62 bits per heavy atom. The molecule has 0 aliphatic rings. The molecule has 0 aromatic heterocycles. The Balaban J connectivity index is 3.89. The second-order valence-corrected chi connectivity index (χ2v) is 2.64. The molecule has 45 valence electrons. The third-order valence-corrected chi connectivity index (χ3v) is 0.651. The van der Waals surface area contributed by atoms with E-state index < -0.39 is 10.1 Å². The zero-order chi connectivity index (χ0) is 6.62. The van der Waals surface area contributed by atoms with Gasteiger partial charge in [-0.15, -0.1) is 0 Å². The van der Waals surface area contributed by atoms with Crippen molar-refractivity contribution in [3.05, 3.63) is 6.92 Å². The molecule has 0 fully saturated rings. The Kier molecular flexibility index (Phi) is 2.35. The lowest BCUT2D eigenvalue weighted by molar-refractivity contribution is 0.472. The van der Waals surface area contributed by atoms with Crippen LogP contribution < -0.4 is 0 Å². The van der Waals surface area contributed by atoms with Crippen molar-refractivity contribution in [2.45, 2.75) is 0 Å². The summed E-state index contributed by atoms with van der Waals surface area (Å²) in [4.78, 5) is 0. The first-order valence-electron chi connectivity index (χ1n) is 1.72. The van der Waals surface area contributed by atoms with Gasteiger partial charge in [-0.05, 0) is 0 Å². The van der Waals surface area contributed by atoms with E-state index in [0.717, 1.165) is 6.26 Å². The van der Waals surface area contributed by atoms with Gasteiger partial charge in [0.15, 0.2) is 0 Å². The first kappa shape index (κ1) is 7.31. The molecule has 0 saturated carbocycles. The lowest BCUT2D eigenvalue weighted by Crippen LogP contribution is -1.95. The lowest BCUT2D eigenvalue weighted by Gasteiger charge is -1.86. The van der Waals surface area contributed by atoms with Gasteiger partial charge >= 0.3 is 10.1 Å². The molecule has 0 bridgehead atoms. The van der Waals surface area contributed by atoms with E-state index in [-0.39, 0.29) is 0 Å². The average molecular weight is 133 g/mol. The van der Waals surface area contributed by atoms with Gasteiger partial charge in [-0.2, -0.15) is 8.42 Å². The minimum Gasteiger partial charge on any atom is -0.328 e. The first-order chi connectivity index (χ1) is 3.56. The van der Waals surface area contributed by atoms with Gasteiger partial charge in [-0.3, -0.25) is 0 Å². The molecule has 0 spiro atoms. The van der Waals surface area contributed by atoms with Gasteiger partial charge in [0.05, 0.1) is 6.26 Å². The summed E-state index contributed by atoms with van der Waals surface area (Å²) in [5.74, 6) is 2.02. The van der Waals surface area contributed by atoms with Crippen LogP contribution in [0, 0.1) is 19.0 Å². The predicted octanol–water partition coefficient (Wildman–Crippen LogP) is -0.242. The summed E-state index contributed by atoms with van der Waals surface area (Å²) in [5.41, 5.74) is 0. The van der Waals surface area contributed by atoms with Gasteiger partial charge < -0.3 is 4.18 Å². The van der Waals surface area contributed by atoms with Crippen LogP contribution >= 0.6 is 0 Å². The van der Waals surface area contributed by atoms with Crippen LogP contribution in [0.4, 0.5) is 0 Å². The van der Waals surface area contributed by atoms with E-state index in [0.29, 0.717) is 0 Å². The molecule has 3 nitrogen and oxygen atoms in total. The highest BCUT2D eigenvalue weighted by Crippen LogP contribution is 1.80. The summed E-state index contributed by atoms with van der Waals surface area (Å²) >= 11 is 0. The maximum Gasteiger partial charge on any atom is 0.314 e. The molecule has 0 aromatic carbocycles. The molecule has 1 radical (unpaired) electrons. The Morgan fingerprint density at radius 3 is 2.25 bits per heavy atom. The first-order valence-corrected chi connectivity index (χ1v) is 3.53. The van der Waals surface area contributed by atoms with E-state index in [1.54, 1.807) is 0 Å². The average Bonchev–Trinajstić information content (AvgIpc) is 1.59. The minimum atomic E-state index is -3.40. The van der Waals surface area contributed by atoms with E-state index >= 15 is 0 Å². The molecule has 0 heterocycles. The SMILES string of the molecule is [CH2]C#COS(C)(=O)=O.